The molecule has 0 radical (unpaired) electrons. The largest absolute Gasteiger partial charge is 0.325 e. The van der Waals surface area contributed by atoms with Gasteiger partial charge in [0.2, 0.25) is 0 Å². The van der Waals surface area contributed by atoms with Crippen LogP contribution in [0, 0.1) is 5.82 Å². The van der Waals surface area contributed by atoms with Gasteiger partial charge in [0.1, 0.15) is 11.6 Å². The summed E-state index contributed by atoms with van der Waals surface area (Å²) >= 11 is 0. The molecule has 0 atom stereocenters. The Labute approximate surface area is 104 Å². The maximum Gasteiger partial charge on any atom is 0.144 e. The number of rotatable bonds is 2. The second-order valence-corrected chi connectivity index (χ2v) is 4.05. The van der Waals surface area contributed by atoms with Crippen molar-refractivity contribution in [1.29, 1.82) is 0 Å². The Morgan fingerprint density at radius 3 is 2.83 bits per heavy atom. The summed E-state index contributed by atoms with van der Waals surface area (Å²) in [6, 6.07) is 12.2. The van der Waals surface area contributed by atoms with E-state index in [1.54, 1.807) is 6.07 Å². The monoisotopic (exact) mass is 241 g/mol. The molecule has 0 aliphatic heterocycles. The highest BCUT2D eigenvalue weighted by Crippen LogP contribution is 2.23. The lowest BCUT2D eigenvalue weighted by Crippen LogP contribution is -1.96. The average Bonchev–Trinajstić information content (AvgIpc) is 2.77. The van der Waals surface area contributed by atoms with E-state index in [1.807, 2.05) is 34.9 Å². The first kappa shape index (κ1) is 10.9. The van der Waals surface area contributed by atoms with E-state index in [1.165, 1.54) is 12.1 Å². The minimum absolute atomic E-state index is 0.269. The fourth-order valence-electron chi connectivity index (χ4n) is 2.08. The zero-order chi connectivity index (χ0) is 12.5. The van der Waals surface area contributed by atoms with Crippen molar-refractivity contribution in [1.82, 2.24) is 9.38 Å². The minimum Gasteiger partial charge on any atom is -0.325 e. The van der Waals surface area contributed by atoms with Crippen LogP contribution < -0.4 is 5.73 Å². The Bertz CT molecular complexity index is 703. The Morgan fingerprint density at radius 2 is 2.06 bits per heavy atom. The van der Waals surface area contributed by atoms with Crippen molar-refractivity contribution in [2.75, 3.05) is 0 Å². The van der Waals surface area contributed by atoms with Gasteiger partial charge in [0.05, 0.1) is 11.2 Å². The van der Waals surface area contributed by atoms with Crippen LogP contribution in [-0.2, 0) is 6.54 Å². The van der Waals surface area contributed by atoms with E-state index in [0.29, 0.717) is 12.4 Å². The highest BCUT2D eigenvalue weighted by Gasteiger charge is 2.11. The Morgan fingerprint density at radius 1 is 1.17 bits per heavy atom. The van der Waals surface area contributed by atoms with Crippen LogP contribution in [0.1, 0.15) is 5.69 Å². The highest BCUT2D eigenvalue weighted by molar-refractivity contribution is 5.65. The van der Waals surface area contributed by atoms with Crippen molar-refractivity contribution < 1.29 is 4.39 Å². The molecule has 3 nitrogen and oxygen atoms in total. The molecule has 0 fully saturated rings. The molecule has 0 aliphatic carbocycles. The average molecular weight is 241 g/mol. The van der Waals surface area contributed by atoms with Crippen molar-refractivity contribution in [3.8, 4) is 11.4 Å². The molecule has 18 heavy (non-hydrogen) atoms. The van der Waals surface area contributed by atoms with E-state index in [0.717, 1.165) is 16.8 Å². The summed E-state index contributed by atoms with van der Waals surface area (Å²) in [6.07, 6.45) is 1.90. The summed E-state index contributed by atoms with van der Waals surface area (Å²) in [5, 5.41) is 0. The molecule has 4 heteroatoms. The summed E-state index contributed by atoms with van der Waals surface area (Å²) < 4.78 is 15.2. The predicted molar refractivity (Wildman–Crippen MR) is 68.5 cm³/mol. The third kappa shape index (κ3) is 1.67. The van der Waals surface area contributed by atoms with E-state index in [9.17, 15) is 4.39 Å². The highest BCUT2D eigenvalue weighted by atomic mass is 19.1. The van der Waals surface area contributed by atoms with Crippen molar-refractivity contribution in [3.05, 3.63) is 60.2 Å². The third-order valence-electron chi connectivity index (χ3n) is 2.90. The second-order valence-electron chi connectivity index (χ2n) is 4.05. The Hall–Kier alpha value is -2.20. The number of pyridine rings is 1. The molecule has 0 amide bonds. The smallest absolute Gasteiger partial charge is 0.144 e. The molecule has 0 saturated heterocycles. The first-order chi connectivity index (χ1) is 8.79. The Kier molecular flexibility index (Phi) is 2.57. The van der Waals surface area contributed by atoms with Crippen LogP contribution in [0.5, 0.6) is 0 Å². The molecule has 3 rings (SSSR count). The van der Waals surface area contributed by atoms with Gasteiger partial charge in [-0.25, -0.2) is 9.37 Å². The van der Waals surface area contributed by atoms with Crippen LogP contribution in [0.4, 0.5) is 4.39 Å². The molecular weight excluding hydrogens is 229 g/mol. The van der Waals surface area contributed by atoms with Crippen LogP contribution in [-0.4, -0.2) is 9.38 Å². The number of fused-ring (bicyclic) bond motifs is 1. The normalized spacial score (nSPS) is 11.0. The molecule has 1 aromatic carbocycles. The molecule has 2 heterocycles. The Balaban J connectivity index is 2.29. The third-order valence-corrected chi connectivity index (χ3v) is 2.90. The fourth-order valence-corrected chi connectivity index (χ4v) is 2.08. The summed E-state index contributed by atoms with van der Waals surface area (Å²) in [6.45, 7) is 0.364. The number of hydrogen-bond acceptors (Lipinski definition) is 2. The van der Waals surface area contributed by atoms with Gasteiger partial charge in [-0.15, -0.1) is 0 Å². The van der Waals surface area contributed by atoms with E-state index in [4.69, 9.17) is 5.73 Å². The van der Waals surface area contributed by atoms with Gasteiger partial charge in [-0.3, -0.25) is 4.40 Å². The quantitative estimate of drug-likeness (QED) is 0.749. The van der Waals surface area contributed by atoms with Gasteiger partial charge in [-0.05, 0) is 24.3 Å². The molecule has 2 N–H and O–H groups in total. The van der Waals surface area contributed by atoms with Gasteiger partial charge in [-0.2, -0.15) is 0 Å². The molecule has 0 aliphatic rings. The summed E-state index contributed by atoms with van der Waals surface area (Å²) in [5.74, 6) is 0.444. The maximum absolute atomic E-state index is 13.3. The van der Waals surface area contributed by atoms with Crippen LogP contribution in [0.2, 0.25) is 0 Å². The van der Waals surface area contributed by atoms with Crippen molar-refractivity contribution >= 4 is 5.52 Å². The van der Waals surface area contributed by atoms with Gasteiger partial charge < -0.3 is 5.73 Å². The van der Waals surface area contributed by atoms with Crippen molar-refractivity contribution in [2.45, 2.75) is 6.54 Å². The number of nitrogens with two attached hydrogens (primary N) is 1. The number of imidazole rings is 1. The lowest BCUT2D eigenvalue weighted by molar-refractivity contribution is 0.628. The molecule has 0 unspecified atom stereocenters. The van der Waals surface area contributed by atoms with Gasteiger partial charge in [0.25, 0.3) is 0 Å². The van der Waals surface area contributed by atoms with Crippen molar-refractivity contribution in [2.24, 2.45) is 5.73 Å². The van der Waals surface area contributed by atoms with E-state index in [2.05, 4.69) is 4.98 Å². The van der Waals surface area contributed by atoms with Gasteiger partial charge in [0, 0.05) is 18.3 Å². The molecule has 90 valence electrons. The van der Waals surface area contributed by atoms with Gasteiger partial charge >= 0.3 is 0 Å². The van der Waals surface area contributed by atoms with Crippen LogP contribution in [0.15, 0.2) is 48.7 Å². The van der Waals surface area contributed by atoms with Crippen LogP contribution >= 0.6 is 0 Å². The molecule has 0 bridgehead atoms. The molecule has 0 spiro atoms. The van der Waals surface area contributed by atoms with Crippen molar-refractivity contribution in [3.63, 3.8) is 0 Å². The maximum atomic E-state index is 13.3. The number of nitrogens with zero attached hydrogens (tertiary/aromatic N) is 2. The van der Waals surface area contributed by atoms with E-state index < -0.39 is 0 Å². The molecule has 2 aromatic heterocycles. The summed E-state index contributed by atoms with van der Waals surface area (Å²) in [7, 11) is 0. The zero-order valence-corrected chi connectivity index (χ0v) is 9.68. The summed E-state index contributed by atoms with van der Waals surface area (Å²) in [4.78, 5) is 4.49. The van der Waals surface area contributed by atoms with Gasteiger partial charge in [0.15, 0.2) is 0 Å². The van der Waals surface area contributed by atoms with Crippen LogP contribution in [0.3, 0.4) is 0 Å². The fraction of sp³-hybridized carbons (Fsp3) is 0.0714. The topological polar surface area (TPSA) is 43.3 Å². The van der Waals surface area contributed by atoms with E-state index >= 15 is 0 Å². The number of hydrogen-bond donors (Lipinski definition) is 1. The lowest BCUT2D eigenvalue weighted by Gasteiger charge is -2.00. The predicted octanol–water partition coefficient (Wildman–Crippen LogP) is 2.60. The summed E-state index contributed by atoms with van der Waals surface area (Å²) in [5.41, 5.74) is 8.21. The first-order valence-electron chi connectivity index (χ1n) is 5.71. The lowest BCUT2D eigenvalue weighted by atomic mass is 10.2. The number of aromatic nitrogens is 2. The van der Waals surface area contributed by atoms with Crippen LogP contribution in [0.25, 0.3) is 16.9 Å². The standard InChI is InChI=1S/C14H12FN3/c15-11-5-3-4-10(8-11)14-17-12(9-16)13-6-1-2-7-18(13)14/h1-8H,9,16H2. The number of halogens is 1. The van der Waals surface area contributed by atoms with Gasteiger partial charge in [-0.1, -0.05) is 18.2 Å². The zero-order valence-electron chi connectivity index (χ0n) is 9.68. The SMILES string of the molecule is NCc1nc(-c2cccc(F)c2)n2ccccc12. The molecule has 3 aromatic rings. The number of benzene rings is 1. The second kappa shape index (κ2) is 4.23. The van der Waals surface area contributed by atoms with E-state index in [-0.39, 0.29) is 5.82 Å². The minimum atomic E-state index is -0.269. The molecular formula is C14H12FN3. The molecule has 0 saturated carbocycles. The first-order valence-corrected chi connectivity index (χ1v) is 5.71.